The van der Waals surface area contributed by atoms with Gasteiger partial charge in [0, 0.05) is 0 Å². The van der Waals surface area contributed by atoms with Crippen molar-refractivity contribution >= 4 is 24.6 Å². The first-order valence-corrected chi connectivity index (χ1v) is 16.4. The zero-order valence-corrected chi connectivity index (χ0v) is 24.4. The fourth-order valence-corrected chi connectivity index (χ4v) is 5.72. The Morgan fingerprint density at radius 2 is 1.38 bits per heavy atom. The molecule has 2 aromatic carbocycles. The largest absolute Gasteiger partial charge is 0.573 e. The van der Waals surface area contributed by atoms with Crippen LogP contribution in [0.25, 0.3) is 0 Å². The molecular formula is C25H34F3NO8SSi. The molecular weight excluding hydrogens is 559 g/mol. The van der Waals surface area contributed by atoms with Crippen molar-refractivity contribution in [2.45, 2.75) is 62.8 Å². The smallest absolute Gasteiger partial charge is 0.457 e. The summed E-state index contributed by atoms with van der Waals surface area (Å²) in [5.74, 6) is -0.753. The molecule has 0 saturated heterocycles. The monoisotopic (exact) mass is 593 g/mol. The Morgan fingerprint density at radius 1 is 0.897 bits per heavy atom. The van der Waals surface area contributed by atoms with E-state index in [0.717, 1.165) is 12.1 Å². The number of alkyl halides is 3. The highest BCUT2D eigenvalue weighted by atomic mass is 32.2. The first kappa shape index (κ1) is 32.6. The van der Waals surface area contributed by atoms with Gasteiger partial charge in [-0.25, -0.2) is 8.42 Å². The van der Waals surface area contributed by atoms with E-state index in [2.05, 4.69) is 25.5 Å². The maximum absolute atomic E-state index is 13.1. The summed E-state index contributed by atoms with van der Waals surface area (Å²) in [5.41, 5.74) is -1.90. The molecule has 1 N–H and O–H groups in total. The minimum absolute atomic E-state index is 0.0493. The highest BCUT2D eigenvalue weighted by Crippen LogP contribution is 2.36. The third-order valence-electron chi connectivity index (χ3n) is 6.28. The number of hydroxylamine groups is 2. The average Bonchev–Trinajstić information content (AvgIpc) is 2.81. The summed E-state index contributed by atoms with van der Waals surface area (Å²) in [6, 6.07) is 9.91. The lowest BCUT2D eigenvalue weighted by molar-refractivity contribution is -0.274. The topological polar surface area (TPSA) is 112 Å². The fraction of sp³-hybridized carbons (Fsp3) is 0.480. The molecule has 0 heterocycles. The van der Waals surface area contributed by atoms with E-state index in [1.807, 2.05) is 13.1 Å². The number of carbonyl (C=O) groups excluding carboxylic acids is 1. The molecule has 2 aromatic rings. The van der Waals surface area contributed by atoms with Crippen LogP contribution >= 0.6 is 0 Å². The number of nitrogens with zero attached hydrogens (tertiary/aromatic N) is 1. The van der Waals surface area contributed by atoms with E-state index in [1.165, 1.54) is 43.3 Å². The number of ether oxygens (including phenoxy) is 3. The lowest BCUT2D eigenvalue weighted by Crippen LogP contribution is -2.52. The van der Waals surface area contributed by atoms with Crippen molar-refractivity contribution in [3.63, 3.8) is 0 Å². The molecule has 9 nitrogen and oxygen atoms in total. The summed E-state index contributed by atoms with van der Waals surface area (Å²) in [6.07, 6.45) is -4.76. The second kappa shape index (κ2) is 12.2. The summed E-state index contributed by atoms with van der Waals surface area (Å²) in [5, 5.41) is 10.2. The second-order valence-electron chi connectivity index (χ2n) is 10.4. The Balaban J connectivity index is 2.08. The van der Waals surface area contributed by atoms with E-state index in [0.29, 0.717) is 0 Å². The third kappa shape index (κ3) is 9.49. The quantitative estimate of drug-likeness (QED) is 0.0780. The highest BCUT2D eigenvalue weighted by molar-refractivity contribution is 7.91. The fourth-order valence-electron chi connectivity index (χ4n) is 3.06. The average molecular weight is 594 g/mol. The van der Waals surface area contributed by atoms with Crippen molar-refractivity contribution in [2.24, 2.45) is 0 Å². The number of halogens is 3. The van der Waals surface area contributed by atoms with Crippen LogP contribution in [0.2, 0.25) is 18.1 Å². The van der Waals surface area contributed by atoms with Crippen molar-refractivity contribution in [3.05, 3.63) is 48.5 Å². The zero-order chi connectivity index (χ0) is 29.7. The van der Waals surface area contributed by atoms with E-state index in [-0.39, 0.29) is 46.1 Å². The molecule has 2 rings (SSSR count). The molecule has 0 spiro atoms. The summed E-state index contributed by atoms with van der Waals surface area (Å²) in [4.78, 5) is 11.2. The van der Waals surface area contributed by atoms with Gasteiger partial charge in [0.05, 0.1) is 18.1 Å². The van der Waals surface area contributed by atoms with Crippen LogP contribution in [0.15, 0.2) is 53.4 Å². The molecule has 0 aromatic heterocycles. The number of carbonyl (C=O) groups is 1. The summed E-state index contributed by atoms with van der Waals surface area (Å²) >= 11 is 0. The molecule has 0 aliphatic rings. The van der Waals surface area contributed by atoms with E-state index in [4.69, 9.17) is 13.9 Å². The number of rotatable bonds is 13. The van der Waals surface area contributed by atoms with Crippen LogP contribution in [0, 0.1) is 0 Å². The Morgan fingerprint density at radius 3 is 1.85 bits per heavy atom. The minimum Gasteiger partial charge on any atom is -0.457 e. The van der Waals surface area contributed by atoms with Gasteiger partial charge < -0.3 is 18.6 Å². The third-order valence-corrected chi connectivity index (χ3v) is 12.7. The molecule has 1 amide bonds. The molecule has 1 atom stereocenters. The van der Waals surface area contributed by atoms with Crippen LogP contribution in [0.5, 0.6) is 17.2 Å². The normalized spacial score (nSPS) is 14.4. The van der Waals surface area contributed by atoms with E-state index >= 15 is 0 Å². The van der Waals surface area contributed by atoms with Crippen LogP contribution in [0.4, 0.5) is 13.2 Å². The number of hydrogen-bond acceptors (Lipinski definition) is 8. The molecule has 0 fully saturated rings. The Hall–Kier alpha value is -2.65. The number of hydrogen-bond donors (Lipinski definition) is 1. The van der Waals surface area contributed by atoms with Crippen molar-refractivity contribution < 1.29 is 50.2 Å². The summed E-state index contributed by atoms with van der Waals surface area (Å²) in [7, 11) is -6.16. The first-order chi connectivity index (χ1) is 17.8. The molecule has 218 valence electrons. The van der Waals surface area contributed by atoms with Gasteiger partial charge in [0.25, 0.3) is 0 Å². The molecule has 14 heteroatoms. The van der Waals surface area contributed by atoms with Crippen molar-refractivity contribution in [1.29, 1.82) is 0 Å². The molecule has 0 aliphatic heterocycles. The second-order valence-corrected chi connectivity index (χ2v) is 17.2. The maximum atomic E-state index is 13.1. The molecule has 0 bridgehead atoms. The van der Waals surface area contributed by atoms with Gasteiger partial charge in [-0.05, 0) is 73.6 Å². The Bertz CT molecular complexity index is 1200. The van der Waals surface area contributed by atoms with E-state index in [1.54, 1.807) is 0 Å². The van der Waals surface area contributed by atoms with Crippen LogP contribution < -0.4 is 9.47 Å². The van der Waals surface area contributed by atoms with Crippen molar-refractivity contribution in [3.8, 4) is 17.2 Å². The lowest BCUT2D eigenvalue weighted by atomic mass is 10.2. The molecule has 0 radical (unpaired) electrons. The van der Waals surface area contributed by atoms with Gasteiger partial charge in [-0.3, -0.25) is 10.0 Å². The minimum atomic E-state index is -4.82. The molecule has 0 aliphatic carbocycles. The number of benzene rings is 2. The SMILES string of the molecule is CC(CS(=O)(=O)c1ccc(Oc2ccc(OC(F)(F)F)cc2)cc1)(OCCO[Si](C)(C)C(C)(C)C)N(O)C=O. The van der Waals surface area contributed by atoms with Crippen LogP contribution in [0.1, 0.15) is 27.7 Å². The van der Waals surface area contributed by atoms with Gasteiger partial charge in [-0.2, -0.15) is 5.06 Å². The van der Waals surface area contributed by atoms with Crippen LogP contribution in [-0.2, 0) is 23.8 Å². The summed E-state index contributed by atoms with van der Waals surface area (Å²) in [6.45, 7) is 11.6. The molecule has 0 saturated carbocycles. The summed E-state index contributed by atoms with van der Waals surface area (Å²) < 4.78 is 84.1. The first-order valence-electron chi connectivity index (χ1n) is 11.9. The van der Waals surface area contributed by atoms with E-state index in [9.17, 15) is 31.6 Å². The van der Waals surface area contributed by atoms with Crippen molar-refractivity contribution in [2.75, 3.05) is 19.0 Å². The van der Waals surface area contributed by atoms with Gasteiger partial charge >= 0.3 is 6.36 Å². The lowest BCUT2D eigenvalue weighted by Gasteiger charge is -2.37. The van der Waals surface area contributed by atoms with E-state index < -0.39 is 41.7 Å². The van der Waals surface area contributed by atoms with Crippen molar-refractivity contribution in [1.82, 2.24) is 5.06 Å². The van der Waals surface area contributed by atoms with Crippen LogP contribution in [0.3, 0.4) is 0 Å². The molecule has 39 heavy (non-hydrogen) atoms. The Labute approximate surface area is 227 Å². The van der Waals surface area contributed by atoms with Gasteiger partial charge in [0.15, 0.2) is 23.9 Å². The maximum Gasteiger partial charge on any atom is 0.573 e. The number of sulfone groups is 1. The van der Waals surface area contributed by atoms with Crippen LogP contribution in [-0.4, -0.2) is 64.5 Å². The van der Waals surface area contributed by atoms with Gasteiger partial charge in [0.1, 0.15) is 23.0 Å². The predicted octanol–water partition coefficient (Wildman–Crippen LogP) is 5.75. The predicted molar refractivity (Wildman–Crippen MR) is 139 cm³/mol. The van der Waals surface area contributed by atoms with Gasteiger partial charge in [0.2, 0.25) is 6.41 Å². The van der Waals surface area contributed by atoms with Gasteiger partial charge in [-0.1, -0.05) is 20.8 Å². The highest BCUT2D eigenvalue weighted by Gasteiger charge is 2.40. The standard InChI is InChI=1S/C25H34F3NO8SSi/c1-23(2,3)39(5,6)35-16-15-34-24(4,29(31)18-30)17-38(32,33)22-13-11-20(12-14-22)36-19-7-9-21(10-8-19)37-25(26,27)28/h7-14,18,31H,15-17H2,1-6H3. The molecule has 1 unspecified atom stereocenters. The Kier molecular flexibility index (Phi) is 10.2. The number of amides is 1. The zero-order valence-electron chi connectivity index (χ0n) is 22.6. The van der Waals surface area contributed by atoms with Gasteiger partial charge in [-0.15, -0.1) is 13.2 Å².